The SMILES string of the molecule is COc1ncccc1CN[C@H](C)c1ccc(Cl)cc1. The van der Waals surface area contributed by atoms with Crippen molar-refractivity contribution in [1.29, 1.82) is 0 Å². The summed E-state index contributed by atoms with van der Waals surface area (Å²) in [6, 6.07) is 12.0. The predicted molar refractivity (Wildman–Crippen MR) is 77.5 cm³/mol. The third-order valence-corrected chi connectivity index (χ3v) is 3.26. The topological polar surface area (TPSA) is 34.1 Å². The molecule has 1 aromatic carbocycles. The summed E-state index contributed by atoms with van der Waals surface area (Å²) >= 11 is 5.88. The fourth-order valence-electron chi connectivity index (χ4n) is 1.87. The zero-order valence-electron chi connectivity index (χ0n) is 11.1. The predicted octanol–water partition coefficient (Wildman–Crippen LogP) is 3.59. The highest BCUT2D eigenvalue weighted by Crippen LogP contribution is 2.18. The van der Waals surface area contributed by atoms with Crippen molar-refractivity contribution < 1.29 is 4.74 Å². The molecule has 0 radical (unpaired) electrons. The average molecular weight is 277 g/mol. The third-order valence-electron chi connectivity index (χ3n) is 3.01. The number of halogens is 1. The van der Waals surface area contributed by atoms with Gasteiger partial charge < -0.3 is 10.1 Å². The van der Waals surface area contributed by atoms with Gasteiger partial charge in [-0.15, -0.1) is 0 Å². The van der Waals surface area contributed by atoms with Crippen LogP contribution in [0.3, 0.4) is 0 Å². The Morgan fingerprint density at radius 3 is 2.68 bits per heavy atom. The summed E-state index contributed by atoms with van der Waals surface area (Å²) in [4.78, 5) is 4.18. The first kappa shape index (κ1) is 13.8. The highest BCUT2D eigenvalue weighted by atomic mass is 35.5. The normalized spacial score (nSPS) is 12.2. The lowest BCUT2D eigenvalue weighted by Gasteiger charge is -2.15. The van der Waals surface area contributed by atoms with E-state index in [0.29, 0.717) is 12.4 Å². The molecule has 2 aromatic rings. The fourth-order valence-corrected chi connectivity index (χ4v) is 2.00. The van der Waals surface area contributed by atoms with E-state index in [1.165, 1.54) is 5.56 Å². The third kappa shape index (κ3) is 3.69. The molecule has 4 heteroatoms. The Hall–Kier alpha value is -1.58. The highest BCUT2D eigenvalue weighted by Gasteiger charge is 2.07. The van der Waals surface area contributed by atoms with Crippen LogP contribution < -0.4 is 10.1 Å². The molecule has 0 spiro atoms. The van der Waals surface area contributed by atoms with E-state index in [-0.39, 0.29) is 6.04 Å². The second-order valence-corrected chi connectivity index (χ2v) is 4.76. The fraction of sp³-hybridized carbons (Fsp3) is 0.267. The van der Waals surface area contributed by atoms with Crippen LogP contribution in [0.15, 0.2) is 42.6 Å². The minimum Gasteiger partial charge on any atom is -0.481 e. The molecule has 0 aliphatic carbocycles. The largest absolute Gasteiger partial charge is 0.481 e. The summed E-state index contributed by atoms with van der Waals surface area (Å²) in [5.74, 6) is 0.665. The van der Waals surface area contributed by atoms with Gasteiger partial charge in [-0.25, -0.2) is 4.98 Å². The molecular formula is C15H17ClN2O. The molecule has 1 heterocycles. The highest BCUT2D eigenvalue weighted by molar-refractivity contribution is 6.30. The van der Waals surface area contributed by atoms with Crippen LogP contribution >= 0.6 is 11.6 Å². The van der Waals surface area contributed by atoms with Gasteiger partial charge in [0.15, 0.2) is 0 Å². The standard InChI is InChI=1S/C15H17ClN2O/c1-11(12-5-7-14(16)8-6-12)18-10-13-4-3-9-17-15(13)19-2/h3-9,11,18H,10H2,1-2H3/t11-/m1/s1. The second-order valence-electron chi connectivity index (χ2n) is 4.33. The van der Waals surface area contributed by atoms with Crippen molar-refractivity contribution in [3.63, 3.8) is 0 Å². The van der Waals surface area contributed by atoms with Crippen LogP contribution in [0.2, 0.25) is 5.02 Å². The van der Waals surface area contributed by atoms with Crippen LogP contribution in [0.1, 0.15) is 24.1 Å². The van der Waals surface area contributed by atoms with Crippen molar-refractivity contribution in [3.8, 4) is 5.88 Å². The number of hydrogen-bond donors (Lipinski definition) is 1. The van der Waals surface area contributed by atoms with Gasteiger partial charge >= 0.3 is 0 Å². The molecule has 100 valence electrons. The number of methoxy groups -OCH3 is 1. The summed E-state index contributed by atoms with van der Waals surface area (Å²) in [6.45, 7) is 2.83. The number of benzene rings is 1. The van der Waals surface area contributed by atoms with Crippen molar-refractivity contribution in [2.45, 2.75) is 19.5 Å². The Morgan fingerprint density at radius 2 is 2.00 bits per heavy atom. The van der Waals surface area contributed by atoms with Crippen LogP contribution in [0.4, 0.5) is 0 Å². The quantitative estimate of drug-likeness (QED) is 0.906. The number of nitrogens with zero attached hydrogens (tertiary/aromatic N) is 1. The van der Waals surface area contributed by atoms with E-state index in [9.17, 15) is 0 Å². The van der Waals surface area contributed by atoms with Gasteiger partial charge in [-0.2, -0.15) is 0 Å². The molecule has 3 nitrogen and oxygen atoms in total. The van der Waals surface area contributed by atoms with Crippen molar-refractivity contribution in [1.82, 2.24) is 10.3 Å². The Morgan fingerprint density at radius 1 is 1.26 bits per heavy atom. The molecule has 1 atom stereocenters. The number of hydrogen-bond acceptors (Lipinski definition) is 3. The van der Waals surface area contributed by atoms with Crippen molar-refractivity contribution in [2.24, 2.45) is 0 Å². The van der Waals surface area contributed by atoms with E-state index in [0.717, 1.165) is 10.6 Å². The molecule has 0 saturated carbocycles. The van der Waals surface area contributed by atoms with E-state index < -0.39 is 0 Å². The summed E-state index contributed by atoms with van der Waals surface area (Å²) in [5, 5.41) is 4.20. The van der Waals surface area contributed by atoms with E-state index in [1.54, 1.807) is 13.3 Å². The van der Waals surface area contributed by atoms with Crippen molar-refractivity contribution >= 4 is 11.6 Å². The number of ether oxygens (including phenoxy) is 1. The van der Waals surface area contributed by atoms with Gasteiger partial charge in [0, 0.05) is 29.4 Å². The maximum Gasteiger partial charge on any atom is 0.217 e. The minimum absolute atomic E-state index is 0.238. The van der Waals surface area contributed by atoms with Crippen LogP contribution in [-0.4, -0.2) is 12.1 Å². The molecule has 0 saturated heterocycles. The second kappa shape index (κ2) is 6.55. The first-order valence-electron chi connectivity index (χ1n) is 6.17. The average Bonchev–Trinajstić information content (AvgIpc) is 2.45. The summed E-state index contributed by atoms with van der Waals surface area (Å²) in [6.07, 6.45) is 1.73. The molecule has 0 aliphatic rings. The van der Waals surface area contributed by atoms with Crippen LogP contribution in [0.5, 0.6) is 5.88 Å². The Kier molecular flexibility index (Phi) is 4.77. The van der Waals surface area contributed by atoms with Crippen molar-refractivity contribution in [2.75, 3.05) is 7.11 Å². The van der Waals surface area contributed by atoms with Gasteiger partial charge in [0.2, 0.25) is 5.88 Å². The molecule has 0 bridgehead atoms. The van der Waals surface area contributed by atoms with Gasteiger partial charge in [-0.1, -0.05) is 29.8 Å². The van der Waals surface area contributed by atoms with E-state index in [2.05, 4.69) is 17.2 Å². The van der Waals surface area contributed by atoms with Gasteiger partial charge in [0.05, 0.1) is 7.11 Å². The van der Waals surface area contributed by atoms with Crippen LogP contribution in [0.25, 0.3) is 0 Å². The van der Waals surface area contributed by atoms with E-state index >= 15 is 0 Å². The zero-order chi connectivity index (χ0) is 13.7. The van der Waals surface area contributed by atoms with Gasteiger partial charge in [0.25, 0.3) is 0 Å². The summed E-state index contributed by atoms with van der Waals surface area (Å²) in [7, 11) is 1.63. The Bertz CT molecular complexity index is 528. The maximum atomic E-state index is 5.88. The first-order chi connectivity index (χ1) is 9.20. The number of nitrogens with one attached hydrogen (secondary N) is 1. The molecule has 1 N–H and O–H groups in total. The number of aromatic nitrogens is 1. The molecule has 2 rings (SSSR count). The first-order valence-corrected chi connectivity index (χ1v) is 6.55. The van der Waals surface area contributed by atoms with Crippen LogP contribution in [0, 0.1) is 0 Å². The monoisotopic (exact) mass is 276 g/mol. The van der Waals surface area contributed by atoms with E-state index in [1.807, 2.05) is 36.4 Å². The smallest absolute Gasteiger partial charge is 0.217 e. The van der Waals surface area contributed by atoms with Gasteiger partial charge in [0.1, 0.15) is 0 Å². The molecule has 0 unspecified atom stereocenters. The Balaban J connectivity index is 2.00. The molecule has 0 fully saturated rings. The lowest BCUT2D eigenvalue weighted by atomic mass is 10.1. The molecule has 19 heavy (non-hydrogen) atoms. The molecular weight excluding hydrogens is 260 g/mol. The van der Waals surface area contributed by atoms with Gasteiger partial charge in [-0.05, 0) is 30.7 Å². The van der Waals surface area contributed by atoms with Crippen molar-refractivity contribution in [3.05, 3.63) is 58.7 Å². The summed E-state index contributed by atoms with van der Waals surface area (Å²) < 4.78 is 5.23. The minimum atomic E-state index is 0.238. The molecule has 0 amide bonds. The van der Waals surface area contributed by atoms with Gasteiger partial charge in [-0.3, -0.25) is 0 Å². The molecule has 1 aromatic heterocycles. The maximum absolute atomic E-state index is 5.88. The van der Waals surface area contributed by atoms with E-state index in [4.69, 9.17) is 16.3 Å². The number of rotatable bonds is 5. The lowest BCUT2D eigenvalue weighted by molar-refractivity contribution is 0.389. The Labute approximate surface area is 118 Å². The molecule has 0 aliphatic heterocycles. The summed E-state index contributed by atoms with van der Waals surface area (Å²) in [5.41, 5.74) is 2.25. The zero-order valence-corrected chi connectivity index (χ0v) is 11.8. The number of pyridine rings is 1. The lowest BCUT2D eigenvalue weighted by Crippen LogP contribution is -2.18. The van der Waals surface area contributed by atoms with Crippen LogP contribution in [-0.2, 0) is 6.54 Å².